The lowest BCUT2D eigenvalue weighted by Crippen LogP contribution is -2.48. The first-order valence-corrected chi connectivity index (χ1v) is 7.48. The molecule has 1 aliphatic rings. The van der Waals surface area contributed by atoms with Crippen LogP contribution in [0.5, 0.6) is 0 Å². The van der Waals surface area contributed by atoms with Crippen molar-refractivity contribution < 1.29 is 9.53 Å². The van der Waals surface area contributed by atoms with Gasteiger partial charge in [-0.2, -0.15) is 0 Å². The van der Waals surface area contributed by atoms with E-state index in [1.165, 1.54) is 0 Å². The van der Waals surface area contributed by atoms with Crippen molar-refractivity contribution >= 4 is 5.91 Å². The summed E-state index contributed by atoms with van der Waals surface area (Å²) in [6.07, 6.45) is 4.38. The van der Waals surface area contributed by atoms with Gasteiger partial charge in [-0.3, -0.25) is 9.89 Å². The lowest BCUT2D eigenvalue weighted by molar-refractivity contribution is -0.0918. The third-order valence-electron chi connectivity index (χ3n) is 4.19. The van der Waals surface area contributed by atoms with Gasteiger partial charge in [-0.25, -0.2) is 4.98 Å². The number of hydrogen-bond acceptors (Lipinski definition) is 4. The van der Waals surface area contributed by atoms with Gasteiger partial charge in [0.2, 0.25) is 5.82 Å². The van der Waals surface area contributed by atoms with Crippen LogP contribution in [0, 0.1) is 0 Å². The van der Waals surface area contributed by atoms with Crippen LogP contribution < -0.4 is 5.32 Å². The van der Waals surface area contributed by atoms with E-state index in [-0.39, 0.29) is 23.4 Å². The number of nitrogens with zero attached hydrogens (tertiary/aromatic N) is 2. The summed E-state index contributed by atoms with van der Waals surface area (Å²) in [5, 5.41) is 9.75. The number of ether oxygens (including phenoxy) is 1. The summed E-state index contributed by atoms with van der Waals surface area (Å²) in [6.45, 7) is 6.94. The molecule has 112 valence electrons. The highest BCUT2D eigenvalue weighted by atomic mass is 16.5. The SMILES string of the molecule is CCc1nc(C(=O)NC2CCOC(CC)(CC)C2)n[nH]1. The molecule has 1 saturated heterocycles. The van der Waals surface area contributed by atoms with Gasteiger partial charge in [0.05, 0.1) is 5.60 Å². The molecule has 6 heteroatoms. The number of aromatic amines is 1. The molecule has 0 spiro atoms. The number of rotatable bonds is 5. The number of carbonyl (C=O) groups is 1. The maximum absolute atomic E-state index is 12.1. The molecule has 1 aliphatic heterocycles. The van der Waals surface area contributed by atoms with Crippen molar-refractivity contribution in [2.45, 2.75) is 64.5 Å². The maximum Gasteiger partial charge on any atom is 0.291 e. The fraction of sp³-hybridized carbons (Fsp3) is 0.786. The Morgan fingerprint density at radius 1 is 1.45 bits per heavy atom. The average molecular weight is 280 g/mol. The molecule has 1 aromatic rings. The summed E-state index contributed by atoms with van der Waals surface area (Å²) in [5.74, 6) is 0.763. The van der Waals surface area contributed by atoms with Crippen molar-refractivity contribution in [3.63, 3.8) is 0 Å². The summed E-state index contributed by atoms with van der Waals surface area (Å²) in [7, 11) is 0. The molecule has 0 aliphatic carbocycles. The predicted octanol–water partition coefficient (Wildman–Crippen LogP) is 1.83. The van der Waals surface area contributed by atoms with Crippen LogP contribution in [0.2, 0.25) is 0 Å². The third kappa shape index (κ3) is 3.17. The minimum Gasteiger partial charge on any atom is -0.375 e. The smallest absolute Gasteiger partial charge is 0.291 e. The van der Waals surface area contributed by atoms with Crippen molar-refractivity contribution in [3.05, 3.63) is 11.6 Å². The van der Waals surface area contributed by atoms with Crippen LogP contribution in [0.4, 0.5) is 0 Å². The Hall–Kier alpha value is -1.43. The van der Waals surface area contributed by atoms with Gasteiger partial charge in [0.1, 0.15) is 5.82 Å². The van der Waals surface area contributed by atoms with Gasteiger partial charge in [0, 0.05) is 19.1 Å². The second-order valence-electron chi connectivity index (χ2n) is 5.36. The van der Waals surface area contributed by atoms with Gasteiger partial charge in [-0.1, -0.05) is 20.8 Å². The molecule has 1 unspecified atom stereocenters. The highest BCUT2D eigenvalue weighted by Gasteiger charge is 2.35. The van der Waals surface area contributed by atoms with Gasteiger partial charge < -0.3 is 10.1 Å². The van der Waals surface area contributed by atoms with E-state index in [4.69, 9.17) is 4.74 Å². The van der Waals surface area contributed by atoms with E-state index >= 15 is 0 Å². The molecular weight excluding hydrogens is 256 g/mol. The van der Waals surface area contributed by atoms with E-state index in [2.05, 4.69) is 34.3 Å². The largest absolute Gasteiger partial charge is 0.375 e. The molecule has 2 heterocycles. The number of hydrogen-bond donors (Lipinski definition) is 2. The molecular formula is C14H24N4O2. The number of aryl methyl sites for hydroxylation is 1. The van der Waals surface area contributed by atoms with Crippen LogP contribution in [-0.2, 0) is 11.2 Å². The Bertz CT molecular complexity index is 454. The Balaban J connectivity index is 1.97. The van der Waals surface area contributed by atoms with Gasteiger partial charge in [0.15, 0.2) is 0 Å². The summed E-state index contributed by atoms with van der Waals surface area (Å²) in [6, 6.07) is 0.139. The lowest BCUT2D eigenvalue weighted by atomic mass is 9.86. The molecule has 1 fully saturated rings. The van der Waals surface area contributed by atoms with Crippen molar-refractivity contribution in [1.29, 1.82) is 0 Å². The molecule has 1 amide bonds. The van der Waals surface area contributed by atoms with Crippen LogP contribution in [-0.4, -0.2) is 39.3 Å². The van der Waals surface area contributed by atoms with Gasteiger partial charge in [0.25, 0.3) is 5.91 Å². The zero-order chi connectivity index (χ0) is 14.6. The molecule has 2 rings (SSSR count). The second kappa shape index (κ2) is 6.35. The van der Waals surface area contributed by atoms with Gasteiger partial charge >= 0.3 is 0 Å². The van der Waals surface area contributed by atoms with Gasteiger partial charge in [-0.05, 0) is 25.7 Å². The molecule has 6 nitrogen and oxygen atoms in total. The zero-order valence-corrected chi connectivity index (χ0v) is 12.5. The number of H-pyrrole nitrogens is 1. The predicted molar refractivity (Wildman–Crippen MR) is 75.5 cm³/mol. The molecule has 0 bridgehead atoms. The van der Waals surface area contributed by atoms with E-state index in [1.807, 2.05) is 6.92 Å². The lowest BCUT2D eigenvalue weighted by Gasteiger charge is -2.40. The van der Waals surface area contributed by atoms with E-state index in [1.54, 1.807) is 0 Å². The Morgan fingerprint density at radius 3 is 2.80 bits per heavy atom. The van der Waals surface area contributed by atoms with Crippen molar-refractivity contribution in [2.75, 3.05) is 6.61 Å². The minimum absolute atomic E-state index is 0.0935. The summed E-state index contributed by atoms with van der Waals surface area (Å²) < 4.78 is 5.91. The molecule has 0 radical (unpaired) electrons. The molecule has 2 N–H and O–H groups in total. The quantitative estimate of drug-likeness (QED) is 0.862. The van der Waals surface area contributed by atoms with E-state index in [0.29, 0.717) is 6.61 Å². The standard InChI is InChI=1S/C14H24N4O2/c1-4-11-16-12(18-17-11)13(19)15-10-7-8-20-14(5-2,6-3)9-10/h10H,4-9H2,1-3H3,(H,15,19)(H,16,17,18). The van der Waals surface area contributed by atoms with Crippen LogP contribution in [0.25, 0.3) is 0 Å². The number of amides is 1. The van der Waals surface area contributed by atoms with Crippen LogP contribution in [0.3, 0.4) is 0 Å². The van der Waals surface area contributed by atoms with Crippen LogP contribution in [0.15, 0.2) is 0 Å². The first-order valence-electron chi connectivity index (χ1n) is 7.48. The number of carbonyl (C=O) groups excluding carboxylic acids is 1. The molecule has 0 aromatic carbocycles. The molecule has 0 saturated carbocycles. The Morgan fingerprint density at radius 2 is 2.20 bits per heavy atom. The first kappa shape index (κ1) is 15.0. The topological polar surface area (TPSA) is 79.9 Å². The number of aromatic nitrogens is 3. The first-order chi connectivity index (χ1) is 9.62. The average Bonchev–Trinajstić information content (AvgIpc) is 2.96. The summed E-state index contributed by atoms with van der Waals surface area (Å²) in [4.78, 5) is 16.3. The summed E-state index contributed by atoms with van der Waals surface area (Å²) in [5.41, 5.74) is -0.0935. The van der Waals surface area contributed by atoms with Crippen molar-refractivity contribution in [2.24, 2.45) is 0 Å². The van der Waals surface area contributed by atoms with E-state index < -0.39 is 0 Å². The monoisotopic (exact) mass is 280 g/mol. The van der Waals surface area contributed by atoms with Crippen LogP contribution >= 0.6 is 0 Å². The highest BCUT2D eigenvalue weighted by molar-refractivity contribution is 5.90. The fourth-order valence-corrected chi connectivity index (χ4v) is 2.70. The molecule has 1 aromatic heterocycles. The normalized spacial score (nSPS) is 21.6. The summed E-state index contributed by atoms with van der Waals surface area (Å²) >= 11 is 0. The van der Waals surface area contributed by atoms with Crippen LogP contribution in [0.1, 0.15) is 62.9 Å². The van der Waals surface area contributed by atoms with E-state index in [0.717, 1.165) is 37.9 Å². The third-order valence-corrected chi connectivity index (χ3v) is 4.19. The van der Waals surface area contributed by atoms with Gasteiger partial charge in [-0.15, -0.1) is 5.10 Å². The Kier molecular flexibility index (Phi) is 4.75. The van der Waals surface area contributed by atoms with Crippen molar-refractivity contribution in [3.8, 4) is 0 Å². The van der Waals surface area contributed by atoms with Crippen molar-refractivity contribution in [1.82, 2.24) is 20.5 Å². The van der Waals surface area contributed by atoms with E-state index in [9.17, 15) is 4.79 Å². The second-order valence-corrected chi connectivity index (χ2v) is 5.36. The minimum atomic E-state index is -0.200. The number of nitrogens with one attached hydrogen (secondary N) is 2. The molecule has 1 atom stereocenters. The highest BCUT2D eigenvalue weighted by Crippen LogP contribution is 2.31. The maximum atomic E-state index is 12.1. The zero-order valence-electron chi connectivity index (χ0n) is 12.5. The Labute approximate surface area is 119 Å². The fourth-order valence-electron chi connectivity index (χ4n) is 2.70. The molecule has 20 heavy (non-hydrogen) atoms.